The first-order valence-electron chi connectivity index (χ1n) is 15.9. The summed E-state index contributed by atoms with van der Waals surface area (Å²) in [6.07, 6.45) is 0.358. The molecule has 1 atom stereocenters. The van der Waals surface area contributed by atoms with E-state index in [4.69, 9.17) is 5.73 Å². The van der Waals surface area contributed by atoms with E-state index in [1.54, 1.807) is 14.7 Å². The fourth-order valence-corrected chi connectivity index (χ4v) is 8.46. The summed E-state index contributed by atoms with van der Waals surface area (Å²) in [5, 5.41) is 8.62. The molecule has 4 aliphatic heterocycles. The highest BCUT2D eigenvalue weighted by atomic mass is 79.9. The van der Waals surface area contributed by atoms with Gasteiger partial charge in [0.15, 0.2) is 0 Å². The zero-order chi connectivity index (χ0) is 32.6. The number of likely N-dealkylation sites (tertiary alicyclic amines) is 3. The largest absolute Gasteiger partial charge is 0.418 e. The Morgan fingerprint density at radius 3 is 2.35 bits per heavy atom. The number of alkyl halides is 3. The Kier molecular flexibility index (Phi) is 9.72. The molecule has 1 aromatic heterocycles. The average Bonchev–Trinajstić information content (AvgIpc) is 3.74. The molecule has 1 aromatic carbocycles. The first kappa shape index (κ1) is 32.9. The lowest BCUT2D eigenvalue weighted by molar-refractivity contribution is -0.137. The standard InChI is InChI=1S/C31H39BrF3N7O3S/c32-24-16-19(15-23(26(24)36)31(33,34)35)17-25(28(43)40-10-3-21(4-11-40)39-8-1-2-9-39)37-29(44)41-12-5-22(6-13-41)42-18-20-7-14-46-27(20)38-30(42)45/h7,14-16,21-22,25H,1-6,8-13,17-18,36H2,(H,37,44)(H,38,45)/t25-/m1/s1. The molecule has 250 valence electrons. The van der Waals surface area contributed by atoms with Crippen LogP contribution < -0.4 is 16.4 Å². The van der Waals surface area contributed by atoms with Gasteiger partial charge >= 0.3 is 18.2 Å². The molecule has 3 saturated heterocycles. The number of nitrogen functional groups attached to an aromatic ring is 1. The number of hydrogen-bond donors (Lipinski definition) is 3. The van der Waals surface area contributed by atoms with Crippen LogP contribution in [0.1, 0.15) is 55.2 Å². The monoisotopic (exact) mass is 725 g/mol. The molecule has 4 N–H and O–H groups in total. The summed E-state index contributed by atoms with van der Waals surface area (Å²) in [5.74, 6) is -0.304. The van der Waals surface area contributed by atoms with Gasteiger partial charge in [0.25, 0.3) is 0 Å². The van der Waals surface area contributed by atoms with Crippen LogP contribution in [0.4, 0.5) is 33.4 Å². The summed E-state index contributed by atoms with van der Waals surface area (Å²) in [7, 11) is 0. The Morgan fingerprint density at radius 2 is 1.67 bits per heavy atom. The van der Waals surface area contributed by atoms with E-state index in [0.717, 1.165) is 42.6 Å². The third kappa shape index (κ3) is 7.10. The predicted molar refractivity (Wildman–Crippen MR) is 173 cm³/mol. The number of nitrogens with two attached hydrogens (primary N) is 1. The molecule has 4 aliphatic rings. The van der Waals surface area contributed by atoms with Crippen molar-refractivity contribution in [1.82, 2.24) is 24.9 Å². The number of carbonyl (C=O) groups is 3. The maximum absolute atomic E-state index is 13.9. The Bertz CT molecular complexity index is 1450. The number of rotatable bonds is 6. The van der Waals surface area contributed by atoms with Crippen molar-refractivity contribution < 1.29 is 27.6 Å². The van der Waals surface area contributed by atoms with Gasteiger partial charge in [-0.2, -0.15) is 13.2 Å². The van der Waals surface area contributed by atoms with E-state index in [9.17, 15) is 27.6 Å². The van der Waals surface area contributed by atoms with Gasteiger partial charge in [-0.3, -0.25) is 10.1 Å². The van der Waals surface area contributed by atoms with Crippen LogP contribution in [-0.4, -0.2) is 95.0 Å². The fraction of sp³-hybridized carbons (Fsp3) is 0.581. The quantitative estimate of drug-likeness (QED) is 0.349. The Labute approximate surface area is 278 Å². The van der Waals surface area contributed by atoms with Gasteiger partial charge in [-0.05, 0) is 96.7 Å². The number of hydrogen-bond acceptors (Lipinski definition) is 6. The van der Waals surface area contributed by atoms with Gasteiger partial charge in [0.05, 0.1) is 17.8 Å². The molecule has 5 heterocycles. The van der Waals surface area contributed by atoms with Crippen LogP contribution in [0.15, 0.2) is 28.1 Å². The highest BCUT2D eigenvalue weighted by Gasteiger charge is 2.38. The number of thiophene rings is 1. The third-order valence-electron chi connectivity index (χ3n) is 9.72. The number of carbonyl (C=O) groups excluding carboxylic acids is 3. The molecular formula is C31H39BrF3N7O3S. The van der Waals surface area contributed by atoms with Crippen LogP contribution in [0.5, 0.6) is 0 Å². The first-order chi connectivity index (χ1) is 22.0. The molecule has 6 rings (SSSR count). The molecule has 0 bridgehead atoms. The maximum atomic E-state index is 13.9. The Balaban J connectivity index is 1.13. The number of piperidine rings is 2. The second-order valence-corrected chi connectivity index (χ2v) is 14.4. The molecule has 10 nitrogen and oxygen atoms in total. The second-order valence-electron chi connectivity index (χ2n) is 12.6. The van der Waals surface area contributed by atoms with Gasteiger partial charge in [-0.1, -0.05) is 0 Å². The molecule has 46 heavy (non-hydrogen) atoms. The summed E-state index contributed by atoms with van der Waals surface area (Å²) >= 11 is 4.63. The summed E-state index contributed by atoms with van der Waals surface area (Å²) < 4.78 is 41.4. The number of halogens is 4. The number of nitrogens with zero attached hydrogens (tertiary/aromatic N) is 4. The minimum Gasteiger partial charge on any atom is -0.397 e. The summed E-state index contributed by atoms with van der Waals surface area (Å²) in [6, 6.07) is 3.15. The molecule has 0 radical (unpaired) electrons. The van der Waals surface area contributed by atoms with Crippen LogP contribution in [0.25, 0.3) is 0 Å². The highest BCUT2D eigenvalue weighted by molar-refractivity contribution is 9.10. The summed E-state index contributed by atoms with van der Waals surface area (Å²) in [5.41, 5.74) is 5.62. The van der Waals surface area contributed by atoms with E-state index in [1.807, 2.05) is 11.4 Å². The number of urea groups is 2. The van der Waals surface area contributed by atoms with E-state index in [0.29, 0.717) is 51.6 Å². The van der Waals surface area contributed by atoms with Crippen LogP contribution >= 0.6 is 27.3 Å². The molecule has 2 aromatic rings. The van der Waals surface area contributed by atoms with Gasteiger partial charge in [0.1, 0.15) is 11.0 Å². The summed E-state index contributed by atoms with van der Waals surface area (Å²) in [6.45, 7) is 4.47. The summed E-state index contributed by atoms with van der Waals surface area (Å²) in [4.78, 5) is 47.9. The average molecular weight is 727 g/mol. The SMILES string of the molecule is Nc1c(Br)cc(C[C@@H](NC(=O)N2CCC(N3Cc4ccsc4NC3=O)CC2)C(=O)N2CCC(N3CCCC3)CC2)cc1C(F)(F)F. The van der Waals surface area contributed by atoms with Crippen LogP contribution in [0, 0.1) is 0 Å². The fourth-order valence-electron chi connectivity index (χ4n) is 7.15. The maximum Gasteiger partial charge on any atom is 0.418 e. The lowest BCUT2D eigenvalue weighted by atomic mass is 9.98. The van der Waals surface area contributed by atoms with Gasteiger partial charge in [-0.25, -0.2) is 9.59 Å². The van der Waals surface area contributed by atoms with Crippen molar-refractivity contribution in [2.24, 2.45) is 0 Å². The third-order valence-corrected chi connectivity index (χ3v) is 11.3. The van der Waals surface area contributed by atoms with E-state index in [1.165, 1.54) is 30.2 Å². The van der Waals surface area contributed by atoms with Gasteiger partial charge in [0.2, 0.25) is 5.91 Å². The minimum atomic E-state index is -4.68. The number of fused-ring (bicyclic) bond motifs is 1. The number of nitrogens with one attached hydrogen (secondary N) is 2. The van der Waals surface area contributed by atoms with E-state index >= 15 is 0 Å². The molecule has 15 heteroatoms. The van der Waals surface area contributed by atoms with Crippen molar-refractivity contribution in [1.29, 1.82) is 0 Å². The molecule has 3 fully saturated rings. The Morgan fingerprint density at radius 1 is 1.02 bits per heavy atom. The molecule has 0 spiro atoms. The van der Waals surface area contributed by atoms with Crippen molar-refractivity contribution in [2.75, 3.05) is 50.3 Å². The van der Waals surface area contributed by atoms with Gasteiger partial charge in [-0.15, -0.1) is 11.3 Å². The lowest BCUT2D eigenvalue weighted by Gasteiger charge is -2.40. The van der Waals surface area contributed by atoms with Gasteiger partial charge in [0, 0.05) is 54.7 Å². The van der Waals surface area contributed by atoms with Crippen molar-refractivity contribution in [3.05, 3.63) is 44.7 Å². The second kappa shape index (κ2) is 13.6. The van der Waals surface area contributed by atoms with Crippen LogP contribution in [-0.2, 0) is 23.9 Å². The zero-order valence-electron chi connectivity index (χ0n) is 25.5. The highest BCUT2D eigenvalue weighted by Crippen LogP contribution is 2.38. The Hall–Kier alpha value is -3.04. The first-order valence-corrected chi connectivity index (χ1v) is 17.5. The molecular weight excluding hydrogens is 687 g/mol. The number of anilines is 2. The predicted octanol–water partition coefficient (Wildman–Crippen LogP) is 5.33. The molecule has 0 saturated carbocycles. The molecule has 0 aliphatic carbocycles. The van der Waals surface area contributed by atoms with Crippen molar-refractivity contribution >= 4 is 55.9 Å². The normalized spacial score (nSPS) is 20.9. The smallest absolute Gasteiger partial charge is 0.397 e. The van der Waals surface area contributed by atoms with Gasteiger partial charge < -0.3 is 30.7 Å². The van der Waals surface area contributed by atoms with Crippen molar-refractivity contribution in [3.63, 3.8) is 0 Å². The lowest BCUT2D eigenvalue weighted by Crippen LogP contribution is -2.57. The van der Waals surface area contributed by atoms with Crippen molar-refractivity contribution in [3.8, 4) is 0 Å². The number of amides is 5. The van der Waals surface area contributed by atoms with E-state index in [2.05, 4.69) is 31.5 Å². The van der Waals surface area contributed by atoms with Crippen LogP contribution in [0.2, 0.25) is 0 Å². The molecule has 0 unspecified atom stereocenters. The number of benzene rings is 1. The van der Waals surface area contributed by atoms with E-state index in [-0.39, 0.29) is 34.4 Å². The minimum absolute atomic E-state index is 0.0423. The molecule has 5 amide bonds. The van der Waals surface area contributed by atoms with Crippen molar-refractivity contribution in [2.45, 2.75) is 75.8 Å². The zero-order valence-corrected chi connectivity index (χ0v) is 27.9. The van der Waals surface area contributed by atoms with Crippen LogP contribution in [0.3, 0.4) is 0 Å². The topological polar surface area (TPSA) is 114 Å². The van der Waals surface area contributed by atoms with E-state index < -0.39 is 29.5 Å².